The molecule has 5 N–H and O–H groups in total. The van der Waals surface area contributed by atoms with Crippen molar-refractivity contribution in [1.82, 2.24) is 20.6 Å². The third-order valence-corrected chi connectivity index (χ3v) is 4.29. The number of rotatable bonds is 7. The standard InChI is InChI=1S/C19H18ClN5O3/c20-16-8-12-7-14(24-15(12)9-22-16)19(28)23-10-17(26)25-13(18(21)27)6-11-4-2-1-3-5-11/h1-5,7-9,13,24H,6,10H2,(H2,21,27)(H,23,28)(H,25,26)/t13-/m1/s1. The van der Waals surface area contributed by atoms with Crippen molar-refractivity contribution in [3.05, 3.63) is 65.1 Å². The van der Waals surface area contributed by atoms with Crippen molar-refractivity contribution < 1.29 is 14.4 Å². The van der Waals surface area contributed by atoms with Gasteiger partial charge in [0.25, 0.3) is 5.91 Å². The van der Waals surface area contributed by atoms with Crippen molar-refractivity contribution in [2.75, 3.05) is 6.54 Å². The van der Waals surface area contributed by atoms with Crippen LogP contribution in [-0.2, 0) is 16.0 Å². The smallest absolute Gasteiger partial charge is 0.268 e. The Balaban J connectivity index is 1.57. The molecule has 0 radical (unpaired) electrons. The van der Waals surface area contributed by atoms with E-state index in [9.17, 15) is 14.4 Å². The van der Waals surface area contributed by atoms with Gasteiger partial charge in [0.2, 0.25) is 11.8 Å². The quantitative estimate of drug-likeness (QED) is 0.444. The minimum absolute atomic E-state index is 0.266. The van der Waals surface area contributed by atoms with E-state index in [-0.39, 0.29) is 18.7 Å². The van der Waals surface area contributed by atoms with Gasteiger partial charge in [0, 0.05) is 11.8 Å². The maximum absolute atomic E-state index is 12.2. The van der Waals surface area contributed by atoms with Crippen LogP contribution in [-0.4, -0.2) is 40.3 Å². The highest BCUT2D eigenvalue weighted by Gasteiger charge is 2.19. The van der Waals surface area contributed by atoms with Crippen LogP contribution in [0, 0.1) is 0 Å². The van der Waals surface area contributed by atoms with Crippen LogP contribution in [0.3, 0.4) is 0 Å². The normalized spacial score (nSPS) is 11.8. The SMILES string of the molecule is NC(=O)[C@@H](Cc1ccccc1)NC(=O)CNC(=O)c1cc2cc(Cl)ncc2[nH]1. The van der Waals surface area contributed by atoms with E-state index in [1.807, 2.05) is 30.3 Å². The highest BCUT2D eigenvalue weighted by molar-refractivity contribution is 6.30. The van der Waals surface area contributed by atoms with Gasteiger partial charge in [-0.05, 0) is 17.7 Å². The van der Waals surface area contributed by atoms with Crippen molar-refractivity contribution in [1.29, 1.82) is 0 Å². The zero-order valence-electron chi connectivity index (χ0n) is 14.7. The molecule has 3 rings (SSSR count). The fourth-order valence-corrected chi connectivity index (χ4v) is 2.87. The number of aromatic nitrogens is 2. The van der Waals surface area contributed by atoms with Crippen LogP contribution in [0.1, 0.15) is 16.1 Å². The molecule has 8 nitrogen and oxygen atoms in total. The Morgan fingerprint density at radius 3 is 2.64 bits per heavy atom. The van der Waals surface area contributed by atoms with Gasteiger partial charge in [-0.1, -0.05) is 41.9 Å². The Kier molecular flexibility index (Phi) is 5.90. The van der Waals surface area contributed by atoms with Gasteiger partial charge in [0.1, 0.15) is 16.9 Å². The van der Waals surface area contributed by atoms with Crippen LogP contribution in [0.2, 0.25) is 5.15 Å². The summed E-state index contributed by atoms with van der Waals surface area (Å²) in [7, 11) is 0. The first-order valence-electron chi connectivity index (χ1n) is 8.47. The average Bonchev–Trinajstić information content (AvgIpc) is 3.09. The lowest BCUT2D eigenvalue weighted by Crippen LogP contribution is -2.49. The number of aromatic amines is 1. The molecule has 0 unspecified atom stereocenters. The van der Waals surface area contributed by atoms with Gasteiger partial charge in [-0.15, -0.1) is 0 Å². The highest BCUT2D eigenvalue weighted by Crippen LogP contribution is 2.17. The molecule has 0 spiro atoms. The van der Waals surface area contributed by atoms with Gasteiger partial charge in [-0.3, -0.25) is 14.4 Å². The number of amides is 3. The van der Waals surface area contributed by atoms with Gasteiger partial charge >= 0.3 is 0 Å². The van der Waals surface area contributed by atoms with Crippen molar-refractivity contribution in [2.24, 2.45) is 5.73 Å². The second-order valence-electron chi connectivity index (χ2n) is 6.17. The zero-order chi connectivity index (χ0) is 20.1. The van der Waals surface area contributed by atoms with Crippen molar-refractivity contribution in [3.63, 3.8) is 0 Å². The average molecular weight is 400 g/mol. The number of hydrogen-bond donors (Lipinski definition) is 4. The first kappa shape index (κ1) is 19.4. The number of nitrogens with zero attached hydrogens (tertiary/aromatic N) is 1. The summed E-state index contributed by atoms with van der Waals surface area (Å²) in [6.45, 7) is -0.300. The lowest BCUT2D eigenvalue weighted by molar-refractivity contribution is -0.126. The number of fused-ring (bicyclic) bond motifs is 1. The molecular formula is C19H18ClN5O3. The predicted octanol–water partition coefficient (Wildman–Crippen LogP) is 1.16. The number of carbonyl (C=O) groups is 3. The molecule has 0 saturated carbocycles. The number of pyridine rings is 1. The van der Waals surface area contributed by atoms with Crippen LogP contribution >= 0.6 is 11.6 Å². The molecule has 3 aromatic rings. The molecule has 0 bridgehead atoms. The molecule has 144 valence electrons. The second kappa shape index (κ2) is 8.53. The van der Waals surface area contributed by atoms with E-state index in [0.717, 1.165) is 10.9 Å². The molecule has 1 aromatic carbocycles. The Morgan fingerprint density at radius 1 is 1.18 bits per heavy atom. The van der Waals surface area contributed by atoms with Gasteiger partial charge in [-0.2, -0.15) is 0 Å². The van der Waals surface area contributed by atoms with Crippen molar-refractivity contribution in [3.8, 4) is 0 Å². The molecule has 0 aliphatic carbocycles. The Labute approximate surface area is 165 Å². The topological polar surface area (TPSA) is 130 Å². The molecule has 0 saturated heterocycles. The third-order valence-electron chi connectivity index (χ3n) is 4.09. The first-order valence-corrected chi connectivity index (χ1v) is 8.85. The van der Waals surface area contributed by atoms with E-state index in [2.05, 4.69) is 20.6 Å². The molecule has 2 heterocycles. The molecule has 1 atom stereocenters. The number of halogens is 1. The predicted molar refractivity (Wildman–Crippen MR) is 105 cm³/mol. The highest BCUT2D eigenvalue weighted by atomic mass is 35.5. The summed E-state index contributed by atoms with van der Waals surface area (Å²) < 4.78 is 0. The maximum atomic E-state index is 12.2. The molecule has 3 amide bonds. The lowest BCUT2D eigenvalue weighted by Gasteiger charge is -2.15. The summed E-state index contributed by atoms with van der Waals surface area (Å²) >= 11 is 5.83. The van der Waals surface area contributed by atoms with E-state index in [1.165, 1.54) is 6.20 Å². The van der Waals surface area contributed by atoms with Crippen molar-refractivity contribution in [2.45, 2.75) is 12.5 Å². The van der Waals surface area contributed by atoms with Gasteiger partial charge in [0.15, 0.2) is 0 Å². The van der Waals surface area contributed by atoms with E-state index >= 15 is 0 Å². The number of H-pyrrole nitrogens is 1. The van der Waals surface area contributed by atoms with Crippen LogP contribution in [0.4, 0.5) is 0 Å². The fourth-order valence-electron chi connectivity index (χ4n) is 2.70. The molecule has 0 fully saturated rings. The van der Waals surface area contributed by atoms with Crippen LogP contribution in [0.25, 0.3) is 10.9 Å². The van der Waals surface area contributed by atoms with Crippen molar-refractivity contribution >= 4 is 40.2 Å². The molecule has 28 heavy (non-hydrogen) atoms. The summed E-state index contributed by atoms with van der Waals surface area (Å²) in [5.74, 6) is -1.64. The fraction of sp³-hybridized carbons (Fsp3) is 0.158. The van der Waals surface area contributed by atoms with E-state index in [4.69, 9.17) is 17.3 Å². The number of hydrogen-bond acceptors (Lipinski definition) is 4. The number of carbonyl (C=O) groups excluding carboxylic acids is 3. The summed E-state index contributed by atoms with van der Waals surface area (Å²) in [6.07, 6.45) is 1.79. The molecule has 2 aromatic heterocycles. The van der Waals surface area contributed by atoms with Crippen LogP contribution < -0.4 is 16.4 Å². The van der Waals surface area contributed by atoms with Gasteiger partial charge in [0.05, 0.1) is 18.3 Å². The minimum atomic E-state index is -0.868. The zero-order valence-corrected chi connectivity index (χ0v) is 15.5. The number of nitrogens with two attached hydrogens (primary N) is 1. The molecule has 9 heteroatoms. The second-order valence-corrected chi connectivity index (χ2v) is 6.56. The summed E-state index contributed by atoms with van der Waals surface area (Å²) in [6, 6.07) is 11.5. The number of primary amides is 1. The van der Waals surface area contributed by atoms with E-state index in [0.29, 0.717) is 10.7 Å². The van der Waals surface area contributed by atoms with E-state index in [1.54, 1.807) is 12.1 Å². The third kappa shape index (κ3) is 4.86. The van der Waals surface area contributed by atoms with Gasteiger partial charge in [-0.25, -0.2) is 4.98 Å². The largest absolute Gasteiger partial charge is 0.368 e. The first-order chi connectivity index (χ1) is 13.4. The number of benzene rings is 1. The molecular weight excluding hydrogens is 382 g/mol. The molecule has 0 aliphatic rings. The van der Waals surface area contributed by atoms with Crippen LogP contribution in [0.5, 0.6) is 0 Å². The monoisotopic (exact) mass is 399 g/mol. The Morgan fingerprint density at radius 2 is 1.93 bits per heavy atom. The van der Waals surface area contributed by atoms with Gasteiger partial charge < -0.3 is 21.4 Å². The number of nitrogens with one attached hydrogen (secondary N) is 3. The Bertz CT molecular complexity index is 1020. The van der Waals surface area contributed by atoms with Crippen LogP contribution in [0.15, 0.2) is 48.7 Å². The lowest BCUT2D eigenvalue weighted by atomic mass is 10.1. The summed E-state index contributed by atoms with van der Waals surface area (Å²) in [5.41, 5.74) is 7.15. The minimum Gasteiger partial charge on any atom is -0.368 e. The summed E-state index contributed by atoms with van der Waals surface area (Å²) in [5, 5.41) is 6.08. The van der Waals surface area contributed by atoms with E-state index < -0.39 is 23.8 Å². The Hall–Kier alpha value is -3.39. The molecule has 0 aliphatic heterocycles. The maximum Gasteiger partial charge on any atom is 0.268 e. The summed E-state index contributed by atoms with van der Waals surface area (Å²) in [4.78, 5) is 42.8.